The van der Waals surface area contributed by atoms with E-state index in [4.69, 9.17) is 23.8 Å². The first kappa shape index (κ1) is 17.7. The van der Waals surface area contributed by atoms with E-state index >= 15 is 0 Å². The number of hydrogen-bond donors (Lipinski definition) is 1. The van der Waals surface area contributed by atoms with E-state index in [2.05, 4.69) is 26.2 Å². The number of nitrogens with one attached hydrogen (secondary N) is 1. The summed E-state index contributed by atoms with van der Waals surface area (Å²) in [7, 11) is 0. The summed E-state index contributed by atoms with van der Waals surface area (Å²) in [5.41, 5.74) is 1.16. The van der Waals surface area contributed by atoms with Crippen molar-refractivity contribution in [2.24, 2.45) is 10.9 Å². The first-order valence-corrected chi connectivity index (χ1v) is 8.78. The van der Waals surface area contributed by atoms with Crippen molar-refractivity contribution < 1.29 is 9.59 Å². The van der Waals surface area contributed by atoms with Crippen molar-refractivity contribution in [1.82, 2.24) is 5.32 Å². The van der Waals surface area contributed by atoms with Crippen LogP contribution in [0.25, 0.3) is 0 Å². The van der Waals surface area contributed by atoms with Gasteiger partial charge in [0.1, 0.15) is 0 Å². The minimum absolute atomic E-state index is 0.0495. The normalized spacial score (nSPS) is 17.9. The number of carbonyl (C=O) groups is 2. The average molecular weight is 437 g/mol. The van der Waals surface area contributed by atoms with Gasteiger partial charge in [0.15, 0.2) is 11.0 Å². The molecule has 25 heavy (non-hydrogen) atoms. The van der Waals surface area contributed by atoms with E-state index in [-0.39, 0.29) is 5.11 Å². The lowest BCUT2D eigenvalue weighted by molar-refractivity contribution is -0.130. The van der Waals surface area contributed by atoms with Crippen LogP contribution in [0.4, 0.5) is 11.4 Å². The van der Waals surface area contributed by atoms with Crippen LogP contribution in [0.5, 0.6) is 0 Å². The van der Waals surface area contributed by atoms with Crippen LogP contribution in [0.15, 0.2) is 58.0 Å². The predicted octanol–water partition coefficient (Wildman–Crippen LogP) is 3.87. The molecule has 1 aliphatic rings. The Morgan fingerprint density at radius 1 is 1.12 bits per heavy atom. The van der Waals surface area contributed by atoms with E-state index in [1.807, 2.05) is 0 Å². The Kier molecular flexibility index (Phi) is 5.27. The zero-order valence-electron chi connectivity index (χ0n) is 12.6. The third-order valence-electron chi connectivity index (χ3n) is 3.49. The lowest BCUT2D eigenvalue weighted by Crippen LogP contribution is -2.58. The Bertz CT molecular complexity index is 868. The second-order valence-electron chi connectivity index (χ2n) is 5.18. The molecule has 126 valence electrons. The topological polar surface area (TPSA) is 61.8 Å². The molecule has 1 aliphatic heterocycles. The number of benzene rings is 2. The molecule has 1 fully saturated rings. The van der Waals surface area contributed by atoms with Gasteiger partial charge in [-0.05, 0) is 60.7 Å². The average Bonchev–Trinajstić information content (AvgIpc) is 2.57. The fourth-order valence-electron chi connectivity index (χ4n) is 2.24. The number of rotatable bonds is 3. The summed E-state index contributed by atoms with van der Waals surface area (Å²) >= 11 is 14.3. The highest BCUT2D eigenvalue weighted by molar-refractivity contribution is 9.10. The maximum Gasteiger partial charge on any atom is 0.251 e. The summed E-state index contributed by atoms with van der Waals surface area (Å²) in [6.07, 6.45) is 1.31. The molecule has 0 spiro atoms. The molecule has 8 heteroatoms. The first-order valence-electron chi connectivity index (χ1n) is 7.20. The number of nitrogens with zero attached hydrogens (tertiary/aromatic N) is 2. The maximum absolute atomic E-state index is 12.8. The van der Waals surface area contributed by atoms with E-state index in [1.54, 1.807) is 48.5 Å². The molecule has 0 unspecified atom stereocenters. The van der Waals surface area contributed by atoms with Gasteiger partial charge < -0.3 is 5.32 Å². The fourth-order valence-corrected chi connectivity index (χ4v) is 2.93. The molecule has 1 N–H and O–H groups in total. The molecule has 5 nitrogen and oxygen atoms in total. The Morgan fingerprint density at radius 3 is 2.40 bits per heavy atom. The van der Waals surface area contributed by atoms with Crippen molar-refractivity contribution >= 4 is 74.3 Å². The summed E-state index contributed by atoms with van der Waals surface area (Å²) in [6.45, 7) is 0. The third-order valence-corrected chi connectivity index (χ3v) is 4.55. The van der Waals surface area contributed by atoms with Gasteiger partial charge in [0.25, 0.3) is 5.91 Å². The minimum atomic E-state index is -1.06. The second-order valence-corrected chi connectivity index (χ2v) is 6.92. The van der Waals surface area contributed by atoms with Crippen molar-refractivity contribution in [3.05, 3.63) is 58.0 Å². The van der Waals surface area contributed by atoms with Gasteiger partial charge in [-0.15, -0.1) is 0 Å². The summed E-state index contributed by atoms with van der Waals surface area (Å²) in [6, 6.07) is 13.8. The first-order chi connectivity index (χ1) is 12.0. The molecule has 0 saturated carbocycles. The van der Waals surface area contributed by atoms with Crippen LogP contribution >= 0.6 is 39.7 Å². The van der Waals surface area contributed by atoms with Gasteiger partial charge in [-0.3, -0.25) is 19.5 Å². The van der Waals surface area contributed by atoms with Gasteiger partial charge in [0, 0.05) is 15.7 Å². The van der Waals surface area contributed by atoms with Crippen LogP contribution in [0.3, 0.4) is 0 Å². The maximum atomic E-state index is 12.8. The van der Waals surface area contributed by atoms with Crippen molar-refractivity contribution in [2.45, 2.75) is 0 Å². The number of anilines is 1. The van der Waals surface area contributed by atoms with Crippen LogP contribution in [0.2, 0.25) is 5.02 Å². The lowest BCUT2D eigenvalue weighted by atomic mass is 10.1. The van der Waals surface area contributed by atoms with Crippen LogP contribution in [-0.4, -0.2) is 23.1 Å². The van der Waals surface area contributed by atoms with Gasteiger partial charge >= 0.3 is 0 Å². The highest BCUT2D eigenvalue weighted by atomic mass is 79.9. The highest BCUT2D eigenvalue weighted by Crippen LogP contribution is 2.23. The predicted molar refractivity (Wildman–Crippen MR) is 105 cm³/mol. The Balaban J connectivity index is 1.87. The molecule has 3 rings (SSSR count). The summed E-state index contributed by atoms with van der Waals surface area (Å²) in [4.78, 5) is 30.4. The Labute approximate surface area is 162 Å². The smallest absolute Gasteiger partial charge is 0.251 e. The van der Waals surface area contributed by atoms with E-state index in [1.165, 1.54) is 11.1 Å². The SMILES string of the molecule is O=C1NC(=S)N(c2ccc(Br)cc2)C(=O)[C@@H]1C=Nc1ccc(Cl)cc1. The zero-order chi connectivity index (χ0) is 18.0. The molecular weight excluding hydrogens is 426 g/mol. The molecule has 0 bridgehead atoms. The van der Waals surface area contributed by atoms with Gasteiger partial charge in [0.2, 0.25) is 5.91 Å². The largest absolute Gasteiger partial charge is 0.301 e. The van der Waals surface area contributed by atoms with Crippen molar-refractivity contribution in [1.29, 1.82) is 0 Å². The molecule has 2 amide bonds. The summed E-state index contributed by atoms with van der Waals surface area (Å²) in [5.74, 6) is -2.01. The van der Waals surface area contributed by atoms with Crippen molar-refractivity contribution in [3.63, 3.8) is 0 Å². The molecule has 1 saturated heterocycles. The summed E-state index contributed by atoms with van der Waals surface area (Å²) in [5, 5.41) is 3.17. The van der Waals surface area contributed by atoms with Gasteiger partial charge in [-0.25, -0.2) is 0 Å². The number of carbonyl (C=O) groups excluding carboxylic acids is 2. The Morgan fingerprint density at radius 2 is 1.76 bits per heavy atom. The molecule has 1 heterocycles. The number of hydrogen-bond acceptors (Lipinski definition) is 4. The summed E-state index contributed by atoms with van der Waals surface area (Å²) < 4.78 is 0.872. The number of thiocarbonyl (C=S) groups is 1. The molecule has 1 atom stereocenters. The van der Waals surface area contributed by atoms with Crippen LogP contribution in [0.1, 0.15) is 0 Å². The van der Waals surface area contributed by atoms with Gasteiger partial charge in [-0.2, -0.15) is 0 Å². The molecule has 2 aromatic carbocycles. The zero-order valence-corrected chi connectivity index (χ0v) is 15.8. The van der Waals surface area contributed by atoms with Crippen molar-refractivity contribution in [3.8, 4) is 0 Å². The third kappa shape index (κ3) is 3.95. The molecule has 0 radical (unpaired) electrons. The second kappa shape index (κ2) is 7.43. The van der Waals surface area contributed by atoms with Gasteiger partial charge in [0.05, 0.1) is 11.4 Å². The number of amides is 2. The minimum Gasteiger partial charge on any atom is -0.301 e. The van der Waals surface area contributed by atoms with E-state index in [0.717, 1.165) is 4.47 Å². The lowest BCUT2D eigenvalue weighted by Gasteiger charge is -2.30. The van der Waals surface area contributed by atoms with Crippen molar-refractivity contribution in [2.75, 3.05) is 4.90 Å². The van der Waals surface area contributed by atoms with E-state index in [0.29, 0.717) is 16.4 Å². The van der Waals surface area contributed by atoms with Crippen LogP contribution in [-0.2, 0) is 9.59 Å². The van der Waals surface area contributed by atoms with Gasteiger partial charge in [-0.1, -0.05) is 27.5 Å². The number of aliphatic imine (C=N–C) groups is 1. The monoisotopic (exact) mass is 435 g/mol. The molecule has 2 aromatic rings. The standard InChI is InChI=1S/C17H11BrClN3O2S/c18-10-1-7-13(8-2-10)22-16(24)14(15(23)21-17(22)25)9-20-12-5-3-11(19)4-6-12/h1-9,14H,(H,21,23,25)/t14-/m1/s1. The molecule has 0 aliphatic carbocycles. The van der Waals surface area contributed by atoms with Crippen LogP contribution in [0, 0.1) is 5.92 Å². The number of halogens is 2. The van der Waals surface area contributed by atoms with E-state index in [9.17, 15) is 9.59 Å². The highest BCUT2D eigenvalue weighted by Gasteiger charge is 2.38. The Hall–Kier alpha value is -2.09. The molecular formula is C17H11BrClN3O2S. The van der Waals surface area contributed by atoms with E-state index < -0.39 is 17.7 Å². The quantitative estimate of drug-likeness (QED) is 0.451. The van der Waals surface area contributed by atoms with Crippen LogP contribution < -0.4 is 10.2 Å². The fraction of sp³-hybridized carbons (Fsp3) is 0.0588. The molecule has 0 aromatic heterocycles.